The van der Waals surface area contributed by atoms with Gasteiger partial charge in [-0.25, -0.2) is 0 Å². The summed E-state index contributed by atoms with van der Waals surface area (Å²) in [6.07, 6.45) is 4.91. The monoisotopic (exact) mass is 246 g/mol. The van der Waals surface area contributed by atoms with E-state index in [1.807, 2.05) is 6.92 Å². The number of ketones is 1. The first-order valence-electron chi connectivity index (χ1n) is 6.80. The number of aryl methyl sites for hydroxylation is 1. The van der Waals surface area contributed by atoms with Crippen molar-refractivity contribution in [2.24, 2.45) is 11.3 Å². The standard InChI is InChI=1S/C15H18O3/c1-8-7-17-10-6-15-11(18-15)5-4-9(2)14(15,3)13(16)12(8)10/h7,9,11H,4-6H2,1-3H3. The number of furan rings is 1. The van der Waals surface area contributed by atoms with Gasteiger partial charge in [0.05, 0.1) is 23.3 Å². The molecule has 1 aromatic rings. The highest BCUT2D eigenvalue weighted by Crippen LogP contribution is 2.65. The predicted octanol–water partition coefficient (Wildman–Crippen LogP) is 2.90. The van der Waals surface area contributed by atoms with Crippen LogP contribution in [0.5, 0.6) is 0 Å². The van der Waals surface area contributed by atoms with Gasteiger partial charge in [0.1, 0.15) is 11.4 Å². The van der Waals surface area contributed by atoms with Crippen LogP contribution in [-0.2, 0) is 11.2 Å². The lowest BCUT2D eigenvalue weighted by atomic mass is 9.54. The maximum atomic E-state index is 13.0. The molecule has 4 atom stereocenters. The minimum Gasteiger partial charge on any atom is -0.468 e. The van der Waals surface area contributed by atoms with Gasteiger partial charge < -0.3 is 9.15 Å². The zero-order valence-corrected chi connectivity index (χ0v) is 11.1. The highest BCUT2D eigenvalue weighted by atomic mass is 16.6. The second-order valence-electron chi connectivity index (χ2n) is 6.40. The average molecular weight is 246 g/mol. The second-order valence-corrected chi connectivity index (χ2v) is 6.40. The van der Waals surface area contributed by atoms with Gasteiger partial charge in [-0.05, 0) is 38.2 Å². The van der Waals surface area contributed by atoms with Crippen LogP contribution in [0.3, 0.4) is 0 Å². The summed E-state index contributed by atoms with van der Waals surface area (Å²) in [5, 5.41) is 0. The van der Waals surface area contributed by atoms with Gasteiger partial charge in [0.15, 0.2) is 5.78 Å². The number of fused-ring (bicyclic) bond motifs is 1. The molecule has 1 aliphatic heterocycles. The van der Waals surface area contributed by atoms with Crippen LogP contribution >= 0.6 is 0 Å². The van der Waals surface area contributed by atoms with Crippen molar-refractivity contribution in [3.05, 3.63) is 23.2 Å². The van der Waals surface area contributed by atoms with Crippen LogP contribution in [0.1, 0.15) is 48.4 Å². The predicted molar refractivity (Wildman–Crippen MR) is 65.6 cm³/mol. The highest BCUT2D eigenvalue weighted by molar-refractivity contribution is 6.05. The van der Waals surface area contributed by atoms with E-state index in [2.05, 4.69) is 13.8 Å². The van der Waals surface area contributed by atoms with Gasteiger partial charge in [-0.2, -0.15) is 0 Å². The van der Waals surface area contributed by atoms with E-state index in [1.54, 1.807) is 6.26 Å². The van der Waals surface area contributed by atoms with Crippen LogP contribution in [-0.4, -0.2) is 17.5 Å². The molecule has 0 bridgehead atoms. The van der Waals surface area contributed by atoms with Crippen molar-refractivity contribution in [1.29, 1.82) is 0 Å². The van der Waals surface area contributed by atoms with Gasteiger partial charge in [-0.1, -0.05) is 6.92 Å². The molecule has 0 radical (unpaired) electrons. The van der Waals surface area contributed by atoms with Gasteiger partial charge in [-0.3, -0.25) is 4.79 Å². The number of epoxide rings is 1. The fourth-order valence-electron chi connectivity index (χ4n) is 4.26. The second kappa shape index (κ2) is 2.90. The topological polar surface area (TPSA) is 42.7 Å². The molecule has 2 aliphatic carbocycles. The van der Waals surface area contributed by atoms with Crippen molar-refractivity contribution in [3.63, 3.8) is 0 Å². The molecule has 0 N–H and O–H groups in total. The Morgan fingerprint density at radius 1 is 1.39 bits per heavy atom. The fourth-order valence-corrected chi connectivity index (χ4v) is 4.26. The van der Waals surface area contributed by atoms with Crippen molar-refractivity contribution < 1.29 is 13.9 Å². The molecule has 2 fully saturated rings. The quantitative estimate of drug-likeness (QED) is 0.661. The molecule has 0 aromatic carbocycles. The Bertz CT molecular complexity index is 558. The number of hydrogen-bond donors (Lipinski definition) is 0. The van der Waals surface area contributed by atoms with Crippen LogP contribution in [0.15, 0.2) is 10.7 Å². The molecule has 3 aliphatic rings. The lowest BCUT2D eigenvalue weighted by Crippen LogP contribution is -2.55. The Kier molecular flexibility index (Phi) is 1.74. The number of carbonyl (C=O) groups excluding carboxylic acids is 1. The van der Waals surface area contributed by atoms with E-state index in [0.29, 0.717) is 5.92 Å². The number of hydrogen-bond acceptors (Lipinski definition) is 3. The van der Waals surface area contributed by atoms with Gasteiger partial charge >= 0.3 is 0 Å². The zero-order chi connectivity index (χ0) is 12.7. The Balaban J connectivity index is 1.94. The van der Waals surface area contributed by atoms with E-state index in [-0.39, 0.29) is 22.9 Å². The summed E-state index contributed by atoms with van der Waals surface area (Å²) in [7, 11) is 0. The van der Waals surface area contributed by atoms with Crippen LogP contribution < -0.4 is 0 Å². The van der Waals surface area contributed by atoms with Crippen LogP contribution in [0.4, 0.5) is 0 Å². The molecule has 3 nitrogen and oxygen atoms in total. The molecule has 1 saturated carbocycles. The van der Waals surface area contributed by atoms with Crippen molar-refractivity contribution >= 4 is 5.78 Å². The summed E-state index contributed by atoms with van der Waals surface area (Å²) in [4.78, 5) is 13.0. The summed E-state index contributed by atoms with van der Waals surface area (Å²) in [6.45, 7) is 6.26. The average Bonchev–Trinajstić information content (AvgIpc) is 2.93. The lowest BCUT2D eigenvalue weighted by molar-refractivity contribution is 0.0308. The number of carbonyl (C=O) groups is 1. The number of Topliss-reactive ketones (excluding diaryl/α,β-unsaturated/α-hetero) is 1. The lowest BCUT2D eigenvalue weighted by Gasteiger charge is -2.45. The summed E-state index contributed by atoms with van der Waals surface area (Å²) >= 11 is 0. The Labute approximate surface area is 106 Å². The molecule has 18 heavy (non-hydrogen) atoms. The van der Waals surface area contributed by atoms with Crippen LogP contribution in [0, 0.1) is 18.3 Å². The Hall–Kier alpha value is -1.09. The van der Waals surface area contributed by atoms with E-state index in [1.165, 1.54) is 0 Å². The molecule has 1 spiro atoms. The van der Waals surface area contributed by atoms with E-state index in [0.717, 1.165) is 36.1 Å². The fraction of sp³-hybridized carbons (Fsp3) is 0.667. The third-order valence-electron chi connectivity index (χ3n) is 5.72. The molecular formula is C15H18O3. The normalized spacial score (nSPS) is 45.2. The van der Waals surface area contributed by atoms with Crippen molar-refractivity contribution in [3.8, 4) is 0 Å². The molecule has 2 heterocycles. The van der Waals surface area contributed by atoms with Crippen molar-refractivity contribution in [2.75, 3.05) is 0 Å². The molecule has 4 unspecified atom stereocenters. The highest BCUT2D eigenvalue weighted by Gasteiger charge is 2.75. The van der Waals surface area contributed by atoms with E-state index in [9.17, 15) is 4.79 Å². The minimum atomic E-state index is -0.364. The van der Waals surface area contributed by atoms with Crippen molar-refractivity contribution in [2.45, 2.75) is 51.7 Å². The maximum Gasteiger partial charge on any atom is 0.175 e. The zero-order valence-electron chi connectivity index (χ0n) is 11.1. The minimum absolute atomic E-state index is 0.240. The summed E-state index contributed by atoms with van der Waals surface area (Å²) in [5.41, 5.74) is 1.17. The molecule has 3 heteroatoms. The molecular weight excluding hydrogens is 228 g/mol. The van der Waals surface area contributed by atoms with Gasteiger partial charge in [0.25, 0.3) is 0 Å². The SMILES string of the molecule is Cc1coc2c1C(=O)C1(C)C(C)CCC3OC31C2. The Morgan fingerprint density at radius 2 is 2.17 bits per heavy atom. The van der Waals surface area contributed by atoms with Gasteiger partial charge in [0.2, 0.25) is 0 Å². The van der Waals surface area contributed by atoms with Crippen molar-refractivity contribution in [1.82, 2.24) is 0 Å². The first-order chi connectivity index (χ1) is 8.50. The van der Waals surface area contributed by atoms with E-state index < -0.39 is 0 Å². The third-order valence-corrected chi connectivity index (χ3v) is 5.72. The van der Waals surface area contributed by atoms with Gasteiger partial charge in [0, 0.05) is 6.42 Å². The first kappa shape index (κ1) is 10.8. The molecule has 1 saturated heterocycles. The Morgan fingerprint density at radius 3 is 2.94 bits per heavy atom. The molecule has 4 rings (SSSR count). The smallest absolute Gasteiger partial charge is 0.175 e. The third kappa shape index (κ3) is 0.923. The summed E-state index contributed by atoms with van der Waals surface area (Å²) in [6, 6.07) is 0. The summed E-state index contributed by atoms with van der Waals surface area (Å²) < 4.78 is 11.6. The summed E-state index contributed by atoms with van der Waals surface area (Å²) in [5.74, 6) is 1.46. The maximum absolute atomic E-state index is 13.0. The largest absolute Gasteiger partial charge is 0.468 e. The molecule has 1 aromatic heterocycles. The number of ether oxygens (including phenoxy) is 1. The van der Waals surface area contributed by atoms with Crippen LogP contribution in [0.2, 0.25) is 0 Å². The molecule has 96 valence electrons. The van der Waals surface area contributed by atoms with E-state index in [4.69, 9.17) is 9.15 Å². The van der Waals surface area contributed by atoms with Crippen LogP contribution in [0.25, 0.3) is 0 Å². The van der Waals surface area contributed by atoms with Gasteiger partial charge in [-0.15, -0.1) is 0 Å². The molecule has 0 amide bonds. The number of rotatable bonds is 0. The van der Waals surface area contributed by atoms with E-state index >= 15 is 0 Å². The first-order valence-corrected chi connectivity index (χ1v) is 6.80.